The highest BCUT2D eigenvalue weighted by Gasteiger charge is 2.42. The first kappa shape index (κ1) is 15.5. The Morgan fingerprint density at radius 3 is 2.38 bits per heavy atom. The Morgan fingerprint density at radius 1 is 1.10 bits per heavy atom. The van der Waals surface area contributed by atoms with E-state index >= 15 is 0 Å². The average Bonchev–Trinajstić information content (AvgIpc) is 2.42. The molecule has 0 fully saturated rings. The molecule has 2 aromatic rings. The molecule has 0 radical (unpaired) electrons. The van der Waals surface area contributed by atoms with Crippen LogP contribution in [0.4, 0.5) is 14.5 Å². The fraction of sp³-hybridized carbons (Fsp3) is 0.0714. The van der Waals surface area contributed by atoms with E-state index in [1.807, 2.05) is 5.32 Å². The zero-order valence-corrected chi connectivity index (χ0v) is 12.0. The minimum absolute atomic E-state index is 0.0161. The van der Waals surface area contributed by atoms with Gasteiger partial charge in [0.15, 0.2) is 0 Å². The summed E-state index contributed by atoms with van der Waals surface area (Å²) in [7, 11) is 0. The summed E-state index contributed by atoms with van der Waals surface area (Å²) in [5.74, 6) is -1.75. The maximum atomic E-state index is 13.7. The van der Waals surface area contributed by atoms with E-state index in [0.29, 0.717) is 5.02 Å². The number of halogens is 4. The average molecular weight is 332 g/mol. The molecule has 0 heterocycles. The third-order valence-corrected chi connectivity index (χ3v) is 2.98. The van der Waals surface area contributed by atoms with Crippen LogP contribution in [0.1, 0.15) is 0 Å². The maximum absolute atomic E-state index is 13.7. The minimum atomic E-state index is -4.04. The SMILES string of the molecule is O=C(Nc1ccc(Cl)cc1Cl)C(F)(F)Oc1ccccc1. The van der Waals surface area contributed by atoms with E-state index in [4.69, 9.17) is 23.2 Å². The summed E-state index contributed by atoms with van der Waals surface area (Å²) >= 11 is 11.5. The molecule has 0 aromatic heterocycles. The third kappa shape index (κ3) is 4.06. The summed E-state index contributed by atoms with van der Waals surface area (Å²) in [6.07, 6.45) is -4.04. The molecule has 0 unspecified atom stereocenters. The molecule has 0 saturated carbocycles. The van der Waals surface area contributed by atoms with Crippen LogP contribution in [0, 0.1) is 0 Å². The van der Waals surface area contributed by atoms with Gasteiger partial charge < -0.3 is 10.1 Å². The van der Waals surface area contributed by atoms with E-state index in [1.165, 1.54) is 42.5 Å². The number of nitrogens with one attached hydrogen (secondary N) is 1. The Bertz CT molecular complexity index is 651. The summed E-state index contributed by atoms with van der Waals surface area (Å²) in [4.78, 5) is 11.6. The normalized spacial score (nSPS) is 11.0. The first-order chi connectivity index (χ1) is 9.88. The van der Waals surface area contributed by atoms with Crippen LogP contribution in [0.3, 0.4) is 0 Å². The Labute approximate surface area is 129 Å². The van der Waals surface area contributed by atoms with Crippen LogP contribution < -0.4 is 10.1 Å². The van der Waals surface area contributed by atoms with E-state index in [1.54, 1.807) is 6.07 Å². The smallest absolute Gasteiger partial charge is 0.425 e. The molecule has 1 amide bonds. The lowest BCUT2D eigenvalue weighted by Gasteiger charge is -2.17. The summed E-state index contributed by atoms with van der Waals surface area (Å²) in [5, 5.41) is 2.37. The predicted molar refractivity (Wildman–Crippen MR) is 77.1 cm³/mol. The topological polar surface area (TPSA) is 38.3 Å². The predicted octanol–water partition coefficient (Wildman–Crippen LogP) is 4.60. The lowest BCUT2D eigenvalue weighted by atomic mass is 10.3. The minimum Gasteiger partial charge on any atom is -0.425 e. The van der Waals surface area contributed by atoms with E-state index < -0.39 is 12.0 Å². The lowest BCUT2D eigenvalue weighted by molar-refractivity contribution is -0.187. The molecule has 0 aliphatic rings. The molecule has 2 aromatic carbocycles. The molecule has 1 N–H and O–H groups in total. The van der Waals surface area contributed by atoms with Crippen LogP contribution in [0.25, 0.3) is 0 Å². The molecule has 21 heavy (non-hydrogen) atoms. The van der Waals surface area contributed by atoms with Crippen molar-refractivity contribution in [2.75, 3.05) is 5.32 Å². The standard InChI is InChI=1S/C14H9Cl2F2NO2/c15-9-6-7-12(11(16)8-9)19-13(20)14(17,18)21-10-4-2-1-3-5-10/h1-8H,(H,19,20). The zero-order valence-electron chi connectivity index (χ0n) is 10.4. The highest BCUT2D eigenvalue weighted by molar-refractivity contribution is 6.36. The van der Waals surface area contributed by atoms with Crippen LogP contribution in [0.5, 0.6) is 5.75 Å². The van der Waals surface area contributed by atoms with Crippen LogP contribution in [0.15, 0.2) is 48.5 Å². The Morgan fingerprint density at radius 2 is 1.76 bits per heavy atom. The Kier molecular flexibility index (Phi) is 4.65. The Hall–Kier alpha value is -1.85. The van der Waals surface area contributed by atoms with Gasteiger partial charge in [0.2, 0.25) is 0 Å². The van der Waals surface area contributed by atoms with Gasteiger partial charge in [-0.25, -0.2) is 0 Å². The molecule has 2 rings (SSSR count). The molecule has 0 spiro atoms. The van der Waals surface area contributed by atoms with Gasteiger partial charge in [0.05, 0.1) is 10.7 Å². The first-order valence-corrected chi connectivity index (χ1v) is 6.52. The maximum Gasteiger partial charge on any atom is 0.482 e. The second-order valence-corrected chi connectivity index (χ2v) is 4.85. The van der Waals surface area contributed by atoms with Crippen molar-refractivity contribution in [2.24, 2.45) is 0 Å². The van der Waals surface area contributed by atoms with Gasteiger partial charge in [0, 0.05) is 5.02 Å². The van der Waals surface area contributed by atoms with Crippen molar-refractivity contribution < 1.29 is 18.3 Å². The van der Waals surface area contributed by atoms with Gasteiger partial charge in [-0.15, -0.1) is 0 Å². The molecule has 0 saturated heterocycles. The number of para-hydroxylation sites is 1. The van der Waals surface area contributed by atoms with Crippen molar-refractivity contribution in [1.29, 1.82) is 0 Å². The van der Waals surface area contributed by atoms with Gasteiger partial charge in [-0.05, 0) is 30.3 Å². The molecule has 110 valence electrons. The van der Waals surface area contributed by atoms with Gasteiger partial charge in [-0.2, -0.15) is 8.78 Å². The van der Waals surface area contributed by atoms with Crippen LogP contribution in [-0.2, 0) is 4.79 Å². The van der Waals surface area contributed by atoms with Gasteiger partial charge >= 0.3 is 12.0 Å². The van der Waals surface area contributed by atoms with Crippen molar-refractivity contribution >= 4 is 34.8 Å². The number of rotatable bonds is 4. The molecule has 3 nitrogen and oxygen atoms in total. The quantitative estimate of drug-likeness (QED) is 0.888. The van der Waals surface area contributed by atoms with Crippen molar-refractivity contribution in [3.05, 3.63) is 58.6 Å². The van der Waals surface area contributed by atoms with E-state index in [-0.39, 0.29) is 16.5 Å². The number of hydrogen-bond acceptors (Lipinski definition) is 2. The number of amides is 1. The van der Waals surface area contributed by atoms with Crippen molar-refractivity contribution in [3.8, 4) is 5.75 Å². The number of benzene rings is 2. The molecule has 7 heteroatoms. The Balaban J connectivity index is 2.11. The van der Waals surface area contributed by atoms with Crippen molar-refractivity contribution in [3.63, 3.8) is 0 Å². The number of anilines is 1. The summed E-state index contributed by atoms with van der Waals surface area (Å²) < 4.78 is 31.8. The van der Waals surface area contributed by atoms with Gasteiger partial charge in [0.1, 0.15) is 5.75 Å². The largest absolute Gasteiger partial charge is 0.482 e. The molecular weight excluding hydrogens is 323 g/mol. The highest BCUT2D eigenvalue weighted by Crippen LogP contribution is 2.28. The fourth-order valence-corrected chi connectivity index (χ4v) is 1.92. The number of ether oxygens (including phenoxy) is 1. The monoisotopic (exact) mass is 331 g/mol. The van der Waals surface area contributed by atoms with Gasteiger partial charge in [0.25, 0.3) is 0 Å². The van der Waals surface area contributed by atoms with Crippen molar-refractivity contribution in [2.45, 2.75) is 6.11 Å². The third-order valence-electron chi connectivity index (χ3n) is 2.43. The molecule has 0 aliphatic carbocycles. The zero-order chi connectivity index (χ0) is 15.5. The molecule has 0 aliphatic heterocycles. The van der Waals surface area contributed by atoms with E-state index in [2.05, 4.69) is 4.74 Å². The fourth-order valence-electron chi connectivity index (χ4n) is 1.47. The van der Waals surface area contributed by atoms with E-state index in [0.717, 1.165) is 0 Å². The second kappa shape index (κ2) is 6.28. The highest BCUT2D eigenvalue weighted by atomic mass is 35.5. The number of carbonyl (C=O) groups excluding carboxylic acids is 1. The van der Waals surface area contributed by atoms with Gasteiger partial charge in [-0.1, -0.05) is 41.4 Å². The van der Waals surface area contributed by atoms with Crippen molar-refractivity contribution in [1.82, 2.24) is 0 Å². The summed E-state index contributed by atoms with van der Waals surface area (Å²) in [5.41, 5.74) is 0.0161. The van der Waals surface area contributed by atoms with Crippen LogP contribution >= 0.6 is 23.2 Å². The lowest BCUT2D eigenvalue weighted by Crippen LogP contribution is -2.40. The van der Waals surface area contributed by atoms with Crippen LogP contribution in [0.2, 0.25) is 10.0 Å². The van der Waals surface area contributed by atoms with Crippen LogP contribution in [-0.4, -0.2) is 12.0 Å². The number of carbonyl (C=O) groups is 1. The second-order valence-electron chi connectivity index (χ2n) is 4.01. The number of alkyl halides is 2. The summed E-state index contributed by atoms with van der Waals surface area (Å²) in [6, 6.07) is 11.4. The molecule has 0 atom stereocenters. The van der Waals surface area contributed by atoms with E-state index in [9.17, 15) is 13.6 Å². The van der Waals surface area contributed by atoms with Gasteiger partial charge in [-0.3, -0.25) is 4.79 Å². The summed E-state index contributed by atoms with van der Waals surface area (Å²) in [6.45, 7) is 0. The first-order valence-electron chi connectivity index (χ1n) is 5.77. The molecular formula is C14H9Cl2F2NO2. The molecule has 0 bridgehead atoms. The number of hydrogen-bond donors (Lipinski definition) is 1.